The molecule has 0 aliphatic carbocycles. The Balaban J connectivity index is 3.17. The van der Waals surface area contributed by atoms with Crippen LogP contribution in [-0.2, 0) is 9.53 Å². The quantitative estimate of drug-likeness (QED) is 0.433. The summed E-state index contributed by atoms with van der Waals surface area (Å²) in [7, 11) is 0. The zero-order chi connectivity index (χ0) is 7.11. The molecule has 0 bridgehead atoms. The van der Waals surface area contributed by atoms with E-state index in [1.807, 2.05) is 13.0 Å². The van der Waals surface area contributed by atoms with Gasteiger partial charge in [-0.1, -0.05) is 12.2 Å². The van der Waals surface area contributed by atoms with Crippen molar-refractivity contribution in [2.75, 3.05) is 13.2 Å². The van der Waals surface area contributed by atoms with Gasteiger partial charge in [0.1, 0.15) is 6.61 Å². The second kappa shape index (κ2) is 5.31. The molecule has 3 heteroatoms. The van der Waals surface area contributed by atoms with Gasteiger partial charge in [-0.25, -0.2) is 0 Å². The molecule has 0 amide bonds. The molecule has 3 nitrogen and oxygen atoms in total. The first-order chi connectivity index (χ1) is 4.31. The Kier molecular flexibility index (Phi) is 4.82. The van der Waals surface area contributed by atoms with Crippen LogP contribution in [0.3, 0.4) is 0 Å². The lowest BCUT2D eigenvalue weighted by Crippen LogP contribution is -2.16. The molecule has 0 unspecified atom stereocenters. The summed E-state index contributed by atoms with van der Waals surface area (Å²) in [5.41, 5.74) is 4.96. The van der Waals surface area contributed by atoms with Crippen LogP contribution in [0.25, 0.3) is 0 Å². The van der Waals surface area contributed by atoms with E-state index in [-0.39, 0.29) is 12.5 Å². The topological polar surface area (TPSA) is 52.3 Å². The summed E-state index contributed by atoms with van der Waals surface area (Å²) in [6, 6.07) is 0. The molecule has 0 fully saturated rings. The highest BCUT2D eigenvalue weighted by Crippen LogP contribution is 1.76. The van der Waals surface area contributed by atoms with E-state index in [0.29, 0.717) is 6.61 Å². The fourth-order valence-electron chi connectivity index (χ4n) is 0.296. The SMILES string of the molecule is CC=CCOC(=O)CN. The van der Waals surface area contributed by atoms with Crippen molar-refractivity contribution in [2.45, 2.75) is 6.92 Å². The Labute approximate surface area is 54.5 Å². The van der Waals surface area contributed by atoms with E-state index in [9.17, 15) is 4.79 Å². The maximum absolute atomic E-state index is 10.3. The second-order valence-electron chi connectivity index (χ2n) is 1.46. The summed E-state index contributed by atoms with van der Waals surface area (Å²) < 4.78 is 4.58. The number of esters is 1. The molecule has 0 saturated carbocycles. The van der Waals surface area contributed by atoms with E-state index in [2.05, 4.69) is 4.74 Å². The molecule has 52 valence electrons. The molecular formula is C6H11NO2. The molecule has 0 saturated heterocycles. The molecule has 0 spiro atoms. The first-order valence-electron chi connectivity index (χ1n) is 2.78. The van der Waals surface area contributed by atoms with Crippen LogP contribution in [0.2, 0.25) is 0 Å². The van der Waals surface area contributed by atoms with Crippen LogP contribution in [0.5, 0.6) is 0 Å². The molecule has 0 aliphatic heterocycles. The van der Waals surface area contributed by atoms with Crippen molar-refractivity contribution >= 4 is 5.97 Å². The Morgan fingerprint density at radius 2 is 2.44 bits per heavy atom. The average Bonchev–Trinajstić information content (AvgIpc) is 1.89. The fourth-order valence-corrected chi connectivity index (χ4v) is 0.296. The fraction of sp³-hybridized carbons (Fsp3) is 0.500. The van der Waals surface area contributed by atoms with Gasteiger partial charge >= 0.3 is 5.97 Å². The highest BCUT2D eigenvalue weighted by atomic mass is 16.5. The molecule has 0 aromatic heterocycles. The van der Waals surface area contributed by atoms with Crippen LogP contribution in [0.15, 0.2) is 12.2 Å². The lowest BCUT2D eigenvalue weighted by Gasteiger charge is -1.95. The lowest BCUT2D eigenvalue weighted by molar-refractivity contribution is -0.140. The molecule has 2 N–H and O–H groups in total. The van der Waals surface area contributed by atoms with Crippen molar-refractivity contribution in [3.8, 4) is 0 Å². The van der Waals surface area contributed by atoms with Crippen molar-refractivity contribution in [3.05, 3.63) is 12.2 Å². The first-order valence-corrected chi connectivity index (χ1v) is 2.78. The molecule has 0 heterocycles. The molecular weight excluding hydrogens is 118 g/mol. The van der Waals surface area contributed by atoms with Crippen molar-refractivity contribution in [1.82, 2.24) is 0 Å². The molecule has 0 rings (SSSR count). The van der Waals surface area contributed by atoms with Crippen LogP contribution in [0, 0.1) is 0 Å². The number of nitrogens with two attached hydrogens (primary N) is 1. The van der Waals surface area contributed by atoms with Crippen molar-refractivity contribution in [2.24, 2.45) is 5.73 Å². The third kappa shape index (κ3) is 5.03. The van der Waals surface area contributed by atoms with E-state index >= 15 is 0 Å². The summed E-state index contributed by atoms with van der Waals surface area (Å²) in [5, 5.41) is 0. The van der Waals surface area contributed by atoms with Crippen molar-refractivity contribution in [3.63, 3.8) is 0 Å². The smallest absolute Gasteiger partial charge is 0.320 e. The van der Waals surface area contributed by atoms with E-state index in [4.69, 9.17) is 5.73 Å². The number of rotatable bonds is 3. The molecule has 9 heavy (non-hydrogen) atoms. The Bertz CT molecular complexity index is 110. The summed E-state index contributed by atoms with van der Waals surface area (Å²) in [6.07, 6.45) is 3.55. The monoisotopic (exact) mass is 129 g/mol. The number of hydrogen-bond donors (Lipinski definition) is 1. The average molecular weight is 129 g/mol. The Morgan fingerprint density at radius 3 is 2.89 bits per heavy atom. The maximum atomic E-state index is 10.3. The van der Waals surface area contributed by atoms with Gasteiger partial charge in [-0.05, 0) is 6.92 Å². The number of allylic oxidation sites excluding steroid dienone is 1. The lowest BCUT2D eigenvalue weighted by atomic mass is 10.5. The highest BCUT2D eigenvalue weighted by Gasteiger charge is 1.92. The van der Waals surface area contributed by atoms with Gasteiger partial charge in [-0.3, -0.25) is 4.79 Å². The Morgan fingerprint density at radius 1 is 1.78 bits per heavy atom. The van der Waals surface area contributed by atoms with E-state index in [1.165, 1.54) is 0 Å². The van der Waals surface area contributed by atoms with Crippen LogP contribution in [0.4, 0.5) is 0 Å². The van der Waals surface area contributed by atoms with Crippen molar-refractivity contribution in [1.29, 1.82) is 0 Å². The van der Waals surface area contributed by atoms with Crippen LogP contribution in [0.1, 0.15) is 6.92 Å². The van der Waals surface area contributed by atoms with E-state index in [1.54, 1.807) is 6.08 Å². The first kappa shape index (κ1) is 8.17. The third-order valence-electron chi connectivity index (χ3n) is 0.743. The normalized spacial score (nSPS) is 10.0. The minimum Gasteiger partial charge on any atom is -0.461 e. The van der Waals surface area contributed by atoms with Gasteiger partial charge in [0.05, 0.1) is 6.54 Å². The van der Waals surface area contributed by atoms with Gasteiger partial charge in [0.25, 0.3) is 0 Å². The minimum atomic E-state index is -0.367. The predicted octanol–water partition coefficient (Wildman–Crippen LogP) is 0.0644. The van der Waals surface area contributed by atoms with Crippen molar-refractivity contribution < 1.29 is 9.53 Å². The van der Waals surface area contributed by atoms with Crippen LogP contribution < -0.4 is 5.73 Å². The maximum Gasteiger partial charge on any atom is 0.320 e. The molecule has 0 aromatic carbocycles. The van der Waals surface area contributed by atoms with Crippen LogP contribution in [-0.4, -0.2) is 19.1 Å². The number of carbonyl (C=O) groups excluding carboxylic acids is 1. The second-order valence-corrected chi connectivity index (χ2v) is 1.46. The molecule has 0 aliphatic rings. The van der Waals surface area contributed by atoms with Gasteiger partial charge in [0.15, 0.2) is 0 Å². The summed E-state index contributed by atoms with van der Waals surface area (Å²) in [6.45, 7) is 2.14. The molecule has 0 atom stereocenters. The summed E-state index contributed by atoms with van der Waals surface area (Å²) in [5.74, 6) is -0.367. The largest absolute Gasteiger partial charge is 0.461 e. The number of hydrogen-bond acceptors (Lipinski definition) is 3. The van der Waals surface area contributed by atoms with Gasteiger partial charge in [0.2, 0.25) is 0 Å². The number of ether oxygens (including phenoxy) is 1. The van der Waals surface area contributed by atoms with Gasteiger partial charge in [0, 0.05) is 0 Å². The summed E-state index contributed by atoms with van der Waals surface area (Å²) >= 11 is 0. The zero-order valence-electron chi connectivity index (χ0n) is 5.46. The minimum absolute atomic E-state index is 0.0441. The molecule has 0 aromatic rings. The number of carbonyl (C=O) groups is 1. The zero-order valence-corrected chi connectivity index (χ0v) is 5.46. The van der Waals surface area contributed by atoms with E-state index in [0.717, 1.165) is 0 Å². The standard InChI is InChI=1S/C6H11NO2/c1-2-3-4-9-6(8)5-7/h2-3H,4-5,7H2,1H3. The summed E-state index contributed by atoms with van der Waals surface area (Å²) in [4.78, 5) is 10.3. The van der Waals surface area contributed by atoms with Gasteiger partial charge < -0.3 is 10.5 Å². The molecule has 0 radical (unpaired) electrons. The van der Waals surface area contributed by atoms with E-state index < -0.39 is 0 Å². The third-order valence-corrected chi connectivity index (χ3v) is 0.743. The highest BCUT2D eigenvalue weighted by molar-refractivity contribution is 5.71. The Hall–Kier alpha value is -0.830. The van der Waals surface area contributed by atoms with Gasteiger partial charge in [-0.15, -0.1) is 0 Å². The van der Waals surface area contributed by atoms with Crippen LogP contribution >= 0.6 is 0 Å². The predicted molar refractivity (Wildman–Crippen MR) is 34.8 cm³/mol. The van der Waals surface area contributed by atoms with Gasteiger partial charge in [-0.2, -0.15) is 0 Å².